The number of carboxylic acids is 1. The molecule has 112 valence electrons. The molecule has 0 amide bonds. The summed E-state index contributed by atoms with van der Waals surface area (Å²) in [7, 11) is 1.50. The maximum atomic E-state index is 11.3. The Kier molecular flexibility index (Phi) is 3.47. The predicted molar refractivity (Wildman–Crippen MR) is 80.6 cm³/mol. The Morgan fingerprint density at radius 1 is 1.23 bits per heavy atom. The molecule has 1 heterocycles. The van der Waals surface area contributed by atoms with E-state index in [1.807, 2.05) is 6.07 Å². The lowest BCUT2D eigenvalue weighted by Gasteiger charge is -2.02. The molecule has 0 fully saturated rings. The maximum absolute atomic E-state index is 11.3. The highest BCUT2D eigenvalue weighted by molar-refractivity contribution is 6.04. The molecule has 22 heavy (non-hydrogen) atoms. The number of carboxylic acid groups (broad SMARTS) is 1. The number of benzene rings is 2. The molecule has 2 aromatic carbocycles. The Balaban J connectivity index is 2.11. The van der Waals surface area contributed by atoms with E-state index in [9.17, 15) is 15.0 Å². The molecule has 0 saturated carbocycles. The number of hydrogen-bond acceptors (Lipinski definition) is 4. The van der Waals surface area contributed by atoms with E-state index < -0.39 is 5.97 Å². The second-order valence-corrected chi connectivity index (χ2v) is 4.88. The van der Waals surface area contributed by atoms with Gasteiger partial charge in [0, 0.05) is 17.4 Å². The van der Waals surface area contributed by atoms with Gasteiger partial charge in [-0.15, -0.1) is 0 Å². The SMILES string of the molecule is COc1ccc(C(=O)O)c2cc(Cc3ccccc3O)oc12. The predicted octanol–water partition coefficient (Wildman–Crippen LogP) is 3.44. The molecule has 0 spiro atoms. The van der Waals surface area contributed by atoms with E-state index in [1.165, 1.54) is 13.2 Å². The van der Waals surface area contributed by atoms with Crippen LogP contribution in [0.1, 0.15) is 21.7 Å². The average Bonchev–Trinajstić information content (AvgIpc) is 2.91. The van der Waals surface area contributed by atoms with E-state index in [2.05, 4.69) is 0 Å². The van der Waals surface area contributed by atoms with E-state index >= 15 is 0 Å². The largest absolute Gasteiger partial charge is 0.508 e. The van der Waals surface area contributed by atoms with Crippen LogP contribution in [0.5, 0.6) is 11.5 Å². The molecule has 0 atom stereocenters. The first kappa shape index (κ1) is 14.0. The van der Waals surface area contributed by atoms with Crippen molar-refractivity contribution >= 4 is 16.9 Å². The van der Waals surface area contributed by atoms with Crippen LogP contribution in [0.2, 0.25) is 0 Å². The van der Waals surface area contributed by atoms with Crippen molar-refractivity contribution in [1.82, 2.24) is 0 Å². The summed E-state index contributed by atoms with van der Waals surface area (Å²) in [6, 6.07) is 11.7. The Morgan fingerprint density at radius 2 is 2.00 bits per heavy atom. The summed E-state index contributed by atoms with van der Waals surface area (Å²) in [5, 5.41) is 19.6. The summed E-state index contributed by atoms with van der Waals surface area (Å²) in [5.74, 6) is 0.183. The minimum atomic E-state index is -1.03. The number of aromatic hydroxyl groups is 1. The van der Waals surface area contributed by atoms with Crippen LogP contribution in [0.3, 0.4) is 0 Å². The van der Waals surface area contributed by atoms with Gasteiger partial charge in [0.25, 0.3) is 0 Å². The molecule has 0 aliphatic heterocycles. The molecular weight excluding hydrogens is 284 g/mol. The third-order valence-electron chi connectivity index (χ3n) is 3.51. The normalized spacial score (nSPS) is 10.8. The number of furan rings is 1. The lowest BCUT2D eigenvalue weighted by atomic mass is 10.1. The number of ether oxygens (including phenoxy) is 1. The first-order chi connectivity index (χ1) is 10.6. The summed E-state index contributed by atoms with van der Waals surface area (Å²) < 4.78 is 11.0. The maximum Gasteiger partial charge on any atom is 0.336 e. The van der Waals surface area contributed by atoms with Gasteiger partial charge in [0.15, 0.2) is 11.3 Å². The number of phenolic OH excluding ortho intramolecular Hbond substituents is 1. The fraction of sp³-hybridized carbons (Fsp3) is 0.118. The van der Waals surface area contributed by atoms with E-state index in [4.69, 9.17) is 9.15 Å². The topological polar surface area (TPSA) is 79.9 Å². The highest BCUT2D eigenvalue weighted by atomic mass is 16.5. The van der Waals surface area contributed by atoms with Gasteiger partial charge in [-0.05, 0) is 24.3 Å². The number of rotatable bonds is 4. The zero-order valence-corrected chi connectivity index (χ0v) is 11.9. The molecule has 0 unspecified atom stereocenters. The summed E-state index contributed by atoms with van der Waals surface area (Å²) in [6.07, 6.45) is 0.365. The third kappa shape index (κ3) is 2.37. The highest BCUT2D eigenvalue weighted by Crippen LogP contribution is 2.33. The molecule has 0 radical (unpaired) electrons. The fourth-order valence-electron chi connectivity index (χ4n) is 2.43. The van der Waals surface area contributed by atoms with Crippen molar-refractivity contribution in [2.45, 2.75) is 6.42 Å². The Hall–Kier alpha value is -2.95. The second-order valence-electron chi connectivity index (χ2n) is 4.88. The van der Waals surface area contributed by atoms with E-state index in [0.29, 0.717) is 34.5 Å². The van der Waals surface area contributed by atoms with Crippen LogP contribution < -0.4 is 4.74 Å². The standard InChI is InChI=1S/C17H14O5/c1-21-15-7-6-12(17(19)20)13-9-11(22-16(13)15)8-10-4-2-3-5-14(10)18/h2-7,9,18H,8H2,1H3,(H,19,20). The van der Waals surface area contributed by atoms with Crippen LogP contribution in [-0.4, -0.2) is 23.3 Å². The molecule has 3 rings (SSSR count). The molecule has 0 saturated heterocycles. The van der Waals surface area contributed by atoms with Crippen molar-refractivity contribution < 1.29 is 24.2 Å². The molecule has 0 bridgehead atoms. The number of methoxy groups -OCH3 is 1. The molecule has 5 nitrogen and oxygen atoms in total. The summed E-state index contributed by atoms with van der Waals surface area (Å²) >= 11 is 0. The van der Waals surface area contributed by atoms with E-state index in [-0.39, 0.29) is 11.3 Å². The number of carbonyl (C=O) groups is 1. The molecule has 1 aromatic heterocycles. The van der Waals surface area contributed by atoms with Crippen LogP contribution in [0.25, 0.3) is 11.0 Å². The number of para-hydroxylation sites is 1. The first-order valence-electron chi connectivity index (χ1n) is 6.69. The van der Waals surface area contributed by atoms with Crippen LogP contribution in [-0.2, 0) is 6.42 Å². The van der Waals surface area contributed by atoms with Gasteiger partial charge in [-0.3, -0.25) is 0 Å². The first-order valence-corrected chi connectivity index (χ1v) is 6.69. The Bertz CT molecular complexity index is 847. The van der Waals surface area contributed by atoms with Gasteiger partial charge >= 0.3 is 5.97 Å². The zero-order chi connectivity index (χ0) is 15.7. The van der Waals surface area contributed by atoms with Gasteiger partial charge < -0.3 is 19.4 Å². The molecular formula is C17H14O5. The smallest absolute Gasteiger partial charge is 0.336 e. The van der Waals surface area contributed by atoms with Crippen molar-refractivity contribution in [3.05, 3.63) is 59.4 Å². The van der Waals surface area contributed by atoms with Gasteiger partial charge in [-0.25, -0.2) is 4.79 Å². The minimum absolute atomic E-state index is 0.156. The number of aromatic carboxylic acids is 1. The zero-order valence-electron chi connectivity index (χ0n) is 11.9. The molecule has 3 aromatic rings. The molecule has 2 N–H and O–H groups in total. The Morgan fingerprint density at radius 3 is 2.68 bits per heavy atom. The third-order valence-corrected chi connectivity index (χ3v) is 3.51. The summed E-state index contributed by atoms with van der Waals surface area (Å²) in [4.78, 5) is 11.3. The lowest BCUT2D eigenvalue weighted by Crippen LogP contribution is -1.97. The van der Waals surface area contributed by atoms with Crippen LogP contribution in [0.4, 0.5) is 0 Å². The quantitative estimate of drug-likeness (QED) is 0.771. The molecule has 0 aliphatic carbocycles. The monoisotopic (exact) mass is 298 g/mol. The van der Waals surface area contributed by atoms with Crippen molar-refractivity contribution in [2.75, 3.05) is 7.11 Å². The minimum Gasteiger partial charge on any atom is -0.508 e. The average molecular weight is 298 g/mol. The van der Waals surface area contributed by atoms with Crippen molar-refractivity contribution in [3.8, 4) is 11.5 Å². The Labute approximate surface area is 126 Å². The van der Waals surface area contributed by atoms with Crippen molar-refractivity contribution in [3.63, 3.8) is 0 Å². The van der Waals surface area contributed by atoms with Crippen LogP contribution in [0, 0.1) is 0 Å². The fourth-order valence-corrected chi connectivity index (χ4v) is 2.43. The van der Waals surface area contributed by atoms with Crippen LogP contribution in [0.15, 0.2) is 46.9 Å². The van der Waals surface area contributed by atoms with E-state index in [1.54, 1.807) is 30.3 Å². The van der Waals surface area contributed by atoms with E-state index in [0.717, 1.165) is 0 Å². The summed E-state index contributed by atoms with van der Waals surface area (Å²) in [6.45, 7) is 0. The van der Waals surface area contributed by atoms with Crippen molar-refractivity contribution in [1.29, 1.82) is 0 Å². The number of hydrogen-bond donors (Lipinski definition) is 2. The second kappa shape index (κ2) is 5.44. The molecule has 0 aliphatic rings. The lowest BCUT2D eigenvalue weighted by molar-refractivity contribution is 0.0699. The van der Waals surface area contributed by atoms with Gasteiger partial charge in [-0.1, -0.05) is 18.2 Å². The van der Waals surface area contributed by atoms with Gasteiger partial charge in [0.1, 0.15) is 11.5 Å². The van der Waals surface area contributed by atoms with Gasteiger partial charge in [0.05, 0.1) is 12.7 Å². The summed E-state index contributed by atoms with van der Waals surface area (Å²) in [5.41, 5.74) is 1.26. The number of fused-ring (bicyclic) bond motifs is 1. The number of phenols is 1. The van der Waals surface area contributed by atoms with Crippen molar-refractivity contribution in [2.24, 2.45) is 0 Å². The van der Waals surface area contributed by atoms with Gasteiger partial charge in [0.2, 0.25) is 0 Å². The highest BCUT2D eigenvalue weighted by Gasteiger charge is 2.17. The van der Waals surface area contributed by atoms with Gasteiger partial charge in [-0.2, -0.15) is 0 Å². The molecule has 5 heteroatoms. The van der Waals surface area contributed by atoms with Crippen LogP contribution >= 0.6 is 0 Å².